The number of hydrogen-bond acceptors (Lipinski definition) is 4. The largest absolute Gasteiger partial charge is 0.508 e. The molecule has 1 aliphatic carbocycles. The lowest BCUT2D eigenvalue weighted by Gasteiger charge is -2.40. The molecule has 22 heavy (non-hydrogen) atoms. The third-order valence-electron chi connectivity index (χ3n) is 3.56. The van der Waals surface area contributed by atoms with E-state index in [4.69, 9.17) is 4.74 Å². The number of amides is 1. The van der Waals surface area contributed by atoms with E-state index in [1.165, 1.54) is 4.90 Å². The predicted molar refractivity (Wildman–Crippen MR) is 78.0 cm³/mol. The van der Waals surface area contributed by atoms with Crippen molar-refractivity contribution in [3.8, 4) is 0 Å². The fraction of sp³-hybridized carbons (Fsp3) is 0.667. The first-order valence-corrected chi connectivity index (χ1v) is 7.31. The van der Waals surface area contributed by atoms with Crippen LogP contribution in [0.1, 0.15) is 20.8 Å². The molecule has 2 atom stereocenters. The Bertz CT molecular complexity index is 492. The molecule has 2 aliphatic rings. The molecular formula is C15H22F2N2O3. The lowest BCUT2D eigenvalue weighted by atomic mass is 10.0. The van der Waals surface area contributed by atoms with Gasteiger partial charge in [0.1, 0.15) is 23.4 Å². The summed E-state index contributed by atoms with van der Waals surface area (Å²) in [5.74, 6) is -1.09. The molecule has 1 aliphatic heterocycles. The minimum atomic E-state index is -1.60. The summed E-state index contributed by atoms with van der Waals surface area (Å²) >= 11 is 0. The minimum absolute atomic E-state index is 0.347. The van der Waals surface area contributed by atoms with Crippen LogP contribution in [0.2, 0.25) is 0 Å². The first kappa shape index (κ1) is 16.7. The molecule has 0 aromatic carbocycles. The number of ether oxygens (including phenoxy) is 1. The van der Waals surface area contributed by atoms with Crippen molar-refractivity contribution >= 4 is 6.09 Å². The van der Waals surface area contributed by atoms with Crippen LogP contribution in [-0.2, 0) is 4.74 Å². The average molecular weight is 316 g/mol. The fourth-order valence-corrected chi connectivity index (χ4v) is 2.57. The quantitative estimate of drug-likeness (QED) is 0.808. The van der Waals surface area contributed by atoms with Gasteiger partial charge in [-0.1, -0.05) is 0 Å². The Morgan fingerprint density at radius 2 is 1.91 bits per heavy atom. The van der Waals surface area contributed by atoms with Gasteiger partial charge in [-0.15, -0.1) is 0 Å². The van der Waals surface area contributed by atoms with Crippen molar-refractivity contribution in [3.05, 3.63) is 23.7 Å². The van der Waals surface area contributed by atoms with Crippen LogP contribution in [0.3, 0.4) is 0 Å². The molecule has 0 radical (unpaired) electrons. The summed E-state index contributed by atoms with van der Waals surface area (Å²) in [6, 6.07) is -1.03. The van der Waals surface area contributed by atoms with Crippen LogP contribution in [0.4, 0.5) is 13.6 Å². The van der Waals surface area contributed by atoms with Gasteiger partial charge >= 0.3 is 6.09 Å². The van der Waals surface area contributed by atoms with Gasteiger partial charge < -0.3 is 14.7 Å². The maximum atomic E-state index is 13.9. The number of carbonyl (C=O) groups is 1. The highest BCUT2D eigenvalue weighted by Crippen LogP contribution is 2.26. The van der Waals surface area contributed by atoms with Gasteiger partial charge in [-0.25, -0.2) is 13.6 Å². The molecule has 0 aromatic heterocycles. The van der Waals surface area contributed by atoms with Gasteiger partial charge in [0.15, 0.2) is 0 Å². The molecule has 7 heteroatoms. The van der Waals surface area contributed by atoms with Gasteiger partial charge in [-0.3, -0.25) is 4.90 Å². The second-order valence-electron chi connectivity index (χ2n) is 6.51. The lowest BCUT2D eigenvalue weighted by Crippen LogP contribution is -2.55. The molecule has 1 fully saturated rings. The number of nitrogens with zero attached hydrogens (tertiary/aromatic N) is 2. The molecule has 5 nitrogen and oxygen atoms in total. The standard InChI is InChI=1S/C15H22F2N2O3/c1-15(2,3)22-14(21)19-6-4-18(5-7-19)13-11(16)8-10(20)9-12(13)17/h8-9,11,13,20H,4-7H2,1-3H3. The monoisotopic (exact) mass is 316 g/mol. The third-order valence-corrected chi connectivity index (χ3v) is 3.56. The zero-order valence-electron chi connectivity index (χ0n) is 13.1. The number of carbonyl (C=O) groups excluding carboxylic acids is 1. The van der Waals surface area contributed by atoms with Crippen molar-refractivity contribution in [2.45, 2.75) is 38.6 Å². The number of aliphatic hydroxyl groups excluding tert-OH is 1. The summed E-state index contributed by atoms with van der Waals surface area (Å²) in [4.78, 5) is 15.1. The number of alkyl halides is 1. The molecule has 0 spiro atoms. The van der Waals surface area contributed by atoms with Crippen LogP contribution < -0.4 is 0 Å². The number of rotatable bonds is 1. The van der Waals surface area contributed by atoms with Gasteiger partial charge in [0.05, 0.1) is 6.04 Å². The second-order valence-corrected chi connectivity index (χ2v) is 6.51. The number of piperazine rings is 1. The van der Waals surface area contributed by atoms with Crippen molar-refractivity contribution in [2.24, 2.45) is 0 Å². The zero-order chi connectivity index (χ0) is 16.5. The van der Waals surface area contributed by atoms with E-state index in [0.29, 0.717) is 26.2 Å². The maximum absolute atomic E-state index is 13.9. The Hall–Kier alpha value is -1.63. The highest BCUT2D eigenvalue weighted by atomic mass is 19.1. The lowest BCUT2D eigenvalue weighted by molar-refractivity contribution is 0.00773. The van der Waals surface area contributed by atoms with Crippen molar-refractivity contribution in [3.63, 3.8) is 0 Å². The predicted octanol–water partition coefficient (Wildman–Crippen LogP) is 2.55. The van der Waals surface area contributed by atoms with Crippen LogP contribution in [-0.4, -0.2) is 65.0 Å². The normalized spacial score (nSPS) is 27.2. The van der Waals surface area contributed by atoms with Crippen molar-refractivity contribution < 1.29 is 23.4 Å². The Morgan fingerprint density at radius 3 is 2.41 bits per heavy atom. The fourth-order valence-electron chi connectivity index (χ4n) is 2.57. The number of halogens is 2. The first-order valence-electron chi connectivity index (χ1n) is 7.31. The SMILES string of the molecule is CC(C)(C)OC(=O)N1CCN(C2C(F)=CC(O)=CC2F)CC1. The summed E-state index contributed by atoms with van der Waals surface area (Å²) in [6.45, 7) is 6.75. The van der Waals surface area contributed by atoms with Gasteiger partial charge in [-0.2, -0.15) is 0 Å². The molecule has 1 N–H and O–H groups in total. The highest BCUT2D eigenvalue weighted by molar-refractivity contribution is 5.68. The van der Waals surface area contributed by atoms with E-state index in [0.717, 1.165) is 12.2 Å². The maximum Gasteiger partial charge on any atom is 0.410 e. The van der Waals surface area contributed by atoms with Crippen molar-refractivity contribution in [1.29, 1.82) is 0 Å². The minimum Gasteiger partial charge on any atom is -0.508 e. The molecule has 0 saturated carbocycles. The Balaban J connectivity index is 1.93. The topological polar surface area (TPSA) is 53.0 Å². The number of aliphatic hydroxyl groups is 1. The average Bonchev–Trinajstić information content (AvgIpc) is 2.36. The van der Waals surface area contributed by atoms with Gasteiger partial charge in [0, 0.05) is 32.3 Å². The van der Waals surface area contributed by atoms with Crippen LogP contribution >= 0.6 is 0 Å². The summed E-state index contributed by atoms with van der Waals surface area (Å²) in [7, 11) is 0. The smallest absolute Gasteiger partial charge is 0.410 e. The second kappa shape index (κ2) is 6.24. The Morgan fingerprint density at radius 1 is 1.32 bits per heavy atom. The van der Waals surface area contributed by atoms with Gasteiger partial charge in [0.2, 0.25) is 0 Å². The van der Waals surface area contributed by atoms with E-state index in [2.05, 4.69) is 0 Å². The third kappa shape index (κ3) is 3.97. The molecule has 124 valence electrons. The first-order chi connectivity index (χ1) is 10.2. The van der Waals surface area contributed by atoms with E-state index in [9.17, 15) is 18.7 Å². The van der Waals surface area contributed by atoms with Gasteiger partial charge in [0.25, 0.3) is 0 Å². The number of hydrogen-bond donors (Lipinski definition) is 1. The summed E-state index contributed by atoms with van der Waals surface area (Å²) in [5, 5.41) is 9.21. The van der Waals surface area contributed by atoms with E-state index in [1.807, 2.05) is 0 Å². The molecule has 1 amide bonds. The van der Waals surface area contributed by atoms with Crippen LogP contribution in [0.25, 0.3) is 0 Å². The van der Waals surface area contributed by atoms with E-state index < -0.39 is 35.5 Å². The summed E-state index contributed by atoms with van der Waals surface area (Å²) < 4.78 is 33.1. The van der Waals surface area contributed by atoms with Crippen molar-refractivity contribution in [1.82, 2.24) is 9.80 Å². The van der Waals surface area contributed by atoms with E-state index in [-0.39, 0.29) is 0 Å². The number of allylic oxidation sites excluding steroid dienone is 1. The zero-order valence-corrected chi connectivity index (χ0v) is 13.1. The summed E-state index contributed by atoms with van der Waals surface area (Å²) in [5.41, 5.74) is -0.571. The van der Waals surface area contributed by atoms with E-state index >= 15 is 0 Å². The molecule has 1 heterocycles. The van der Waals surface area contributed by atoms with Crippen molar-refractivity contribution in [2.75, 3.05) is 26.2 Å². The van der Waals surface area contributed by atoms with Gasteiger partial charge in [-0.05, 0) is 26.8 Å². The molecule has 2 rings (SSSR count). The molecule has 0 aromatic rings. The van der Waals surface area contributed by atoms with E-state index in [1.54, 1.807) is 25.7 Å². The van der Waals surface area contributed by atoms with Crippen LogP contribution in [0.15, 0.2) is 23.7 Å². The molecule has 2 unspecified atom stereocenters. The summed E-state index contributed by atoms with van der Waals surface area (Å²) in [6.07, 6.45) is -0.0890. The molecule has 1 saturated heterocycles. The Kier molecular flexibility index (Phi) is 4.75. The van der Waals surface area contributed by atoms with Crippen LogP contribution in [0.5, 0.6) is 0 Å². The highest BCUT2D eigenvalue weighted by Gasteiger charge is 2.36. The Labute approximate surface area is 128 Å². The van der Waals surface area contributed by atoms with Crippen LogP contribution in [0, 0.1) is 0 Å². The molecular weight excluding hydrogens is 294 g/mol. The molecule has 0 bridgehead atoms.